The van der Waals surface area contributed by atoms with E-state index < -0.39 is 0 Å². The molecule has 1 aromatic carbocycles. The average Bonchev–Trinajstić information content (AvgIpc) is 3.26. The van der Waals surface area contributed by atoms with Gasteiger partial charge in [-0.15, -0.1) is 0 Å². The molecule has 0 N–H and O–H groups in total. The molecule has 1 heteroatoms. The van der Waals surface area contributed by atoms with E-state index in [0.717, 1.165) is 5.70 Å². The fourth-order valence-electron chi connectivity index (χ4n) is 4.55. The lowest BCUT2D eigenvalue weighted by Crippen LogP contribution is -2.34. The zero-order valence-corrected chi connectivity index (χ0v) is 15.7. The van der Waals surface area contributed by atoms with Gasteiger partial charge in [-0.1, -0.05) is 45.9 Å². The van der Waals surface area contributed by atoms with Crippen molar-refractivity contribution in [3.05, 3.63) is 46.2 Å². The first-order chi connectivity index (χ1) is 10.7. The van der Waals surface area contributed by atoms with Gasteiger partial charge < -0.3 is 0 Å². The topological polar surface area (TPSA) is 12.4 Å². The lowest BCUT2D eigenvalue weighted by molar-refractivity contribution is 0.331. The Balaban J connectivity index is 2.22. The molecular weight excluding hydrogens is 278 g/mol. The van der Waals surface area contributed by atoms with Gasteiger partial charge in [-0.3, -0.25) is 4.99 Å². The number of nitrogens with zero attached hydrogens (tertiary/aromatic N) is 1. The zero-order chi connectivity index (χ0) is 17.0. The Labute approximate surface area is 141 Å². The summed E-state index contributed by atoms with van der Waals surface area (Å²) in [5.41, 5.74) is 7.87. The van der Waals surface area contributed by atoms with Crippen LogP contribution in [0.15, 0.2) is 28.9 Å². The van der Waals surface area contributed by atoms with Crippen LogP contribution in [0.3, 0.4) is 0 Å². The molecule has 0 atom stereocenters. The molecule has 0 bridgehead atoms. The number of aliphatic imine (C=N–C) groups is 1. The Morgan fingerprint density at radius 3 is 1.91 bits per heavy atom. The van der Waals surface area contributed by atoms with Crippen molar-refractivity contribution in [2.24, 2.45) is 4.99 Å². The van der Waals surface area contributed by atoms with Crippen LogP contribution in [0.1, 0.15) is 82.6 Å². The lowest BCUT2D eigenvalue weighted by Gasteiger charge is -2.43. The van der Waals surface area contributed by atoms with Crippen LogP contribution in [0.4, 0.5) is 0 Å². The highest BCUT2D eigenvalue weighted by Gasteiger charge is 2.49. The Kier molecular flexibility index (Phi) is 3.63. The summed E-state index contributed by atoms with van der Waals surface area (Å²) >= 11 is 0. The summed E-state index contributed by atoms with van der Waals surface area (Å²) in [6.07, 6.45) is 7.09. The van der Waals surface area contributed by atoms with Crippen molar-refractivity contribution >= 4 is 6.72 Å². The van der Waals surface area contributed by atoms with Gasteiger partial charge in [0.25, 0.3) is 0 Å². The maximum Gasteiger partial charge on any atom is 0.0459 e. The summed E-state index contributed by atoms with van der Waals surface area (Å²) in [5.74, 6) is 0. The third-order valence-electron chi connectivity index (χ3n) is 6.40. The Morgan fingerprint density at radius 1 is 0.957 bits per heavy atom. The SMILES string of the molecule is C=NC(=CC)C1(c2cc3c(cc2C)C(C)(C)CCC3(C)C)CC1. The molecule has 0 spiro atoms. The number of aryl methyl sites for hydroxylation is 1. The van der Waals surface area contributed by atoms with Gasteiger partial charge in [-0.05, 0) is 79.3 Å². The molecule has 0 aromatic heterocycles. The van der Waals surface area contributed by atoms with Gasteiger partial charge >= 0.3 is 0 Å². The number of rotatable bonds is 3. The van der Waals surface area contributed by atoms with Crippen LogP contribution in [-0.4, -0.2) is 6.72 Å². The molecule has 23 heavy (non-hydrogen) atoms. The fourth-order valence-corrected chi connectivity index (χ4v) is 4.55. The smallest absolute Gasteiger partial charge is 0.0459 e. The number of fused-ring (bicyclic) bond motifs is 1. The van der Waals surface area contributed by atoms with Crippen LogP contribution >= 0.6 is 0 Å². The molecule has 1 saturated carbocycles. The Morgan fingerprint density at radius 2 is 1.48 bits per heavy atom. The fraction of sp³-hybridized carbons (Fsp3) is 0.591. The van der Waals surface area contributed by atoms with Crippen LogP contribution in [-0.2, 0) is 16.2 Å². The van der Waals surface area contributed by atoms with E-state index in [9.17, 15) is 0 Å². The minimum Gasteiger partial charge on any atom is -0.268 e. The first-order valence-electron chi connectivity index (χ1n) is 8.97. The van der Waals surface area contributed by atoms with Crippen molar-refractivity contribution in [3.63, 3.8) is 0 Å². The normalized spacial score (nSPS) is 24.0. The molecule has 2 aliphatic carbocycles. The molecule has 0 radical (unpaired) electrons. The van der Waals surface area contributed by atoms with Crippen molar-refractivity contribution in [3.8, 4) is 0 Å². The summed E-state index contributed by atoms with van der Waals surface area (Å²) in [5, 5.41) is 0. The maximum atomic E-state index is 4.35. The van der Waals surface area contributed by atoms with E-state index in [-0.39, 0.29) is 16.2 Å². The van der Waals surface area contributed by atoms with E-state index in [0.29, 0.717) is 0 Å². The van der Waals surface area contributed by atoms with Crippen LogP contribution in [0.2, 0.25) is 0 Å². The standard InChI is InChI=1S/C22H31N/c1-8-19(23-7)22(11-12-22)16-14-18-17(13-15(16)2)20(3,4)9-10-21(18,5)6/h8,13-14H,7,9-12H2,1-6H3. The summed E-state index contributed by atoms with van der Waals surface area (Å²) < 4.78 is 0. The molecular formula is C22H31N. The molecule has 1 fully saturated rings. The van der Waals surface area contributed by atoms with Gasteiger partial charge in [0.1, 0.15) is 0 Å². The molecule has 1 aromatic rings. The first kappa shape index (κ1) is 16.5. The molecule has 1 nitrogen and oxygen atoms in total. The number of benzene rings is 1. The maximum absolute atomic E-state index is 4.35. The van der Waals surface area contributed by atoms with Gasteiger partial charge in [0, 0.05) is 11.1 Å². The van der Waals surface area contributed by atoms with Crippen LogP contribution in [0, 0.1) is 6.92 Å². The van der Waals surface area contributed by atoms with Gasteiger partial charge in [0.2, 0.25) is 0 Å². The highest BCUT2D eigenvalue weighted by molar-refractivity contribution is 5.54. The van der Waals surface area contributed by atoms with Crippen LogP contribution in [0.5, 0.6) is 0 Å². The van der Waals surface area contributed by atoms with Crippen molar-refractivity contribution in [1.82, 2.24) is 0 Å². The second-order valence-corrected chi connectivity index (χ2v) is 8.89. The Hall–Kier alpha value is -1.37. The molecule has 0 amide bonds. The molecule has 3 rings (SSSR count). The summed E-state index contributed by atoms with van der Waals surface area (Å²) in [4.78, 5) is 4.35. The largest absolute Gasteiger partial charge is 0.268 e. The summed E-state index contributed by atoms with van der Waals surface area (Å²) in [6, 6.07) is 5.00. The van der Waals surface area contributed by atoms with E-state index in [1.54, 1.807) is 11.1 Å². The van der Waals surface area contributed by atoms with Gasteiger partial charge in [0.05, 0.1) is 0 Å². The predicted octanol–water partition coefficient (Wildman–Crippen LogP) is 5.98. The minimum atomic E-state index is 0.132. The van der Waals surface area contributed by atoms with E-state index in [1.807, 2.05) is 0 Å². The number of hydrogen-bond acceptors (Lipinski definition) is 1. The number of hydrogen-bond donors (Lipinski definition) is 0. The van der Waals surface area contributed by atoms with Crippen LogP contribution in [0.25, 0.3) is 0 Å². The molecule has 2 aliphatic rings. The molecule has 0 aliphatic heterocycles. The molecule has 124 valence electrons. The van der Waals surface area contributed by atoms with Gasteiger partial charge in [0.15, 0.2) is 0 Å². The van der Waals surface area contributed by atoms with Gasteiger partial charge in [-0.25, -0.2) is 0 Å². The lowest BCUT2D eigenvalue weighted by atomic mass is 9.62. The number of allylic oxidation sites excluding steroid dienone is 2. The summed E-state index contributed by atoms with van der Waals surface area (Å²) in [7, 11) is 0. The average molecular weight is 309 g/mol. The molecule has 0 heterocycles. The summed E-state index contributed by atoms with van der Waals surface area (Å²) in [6.45, 7) is 17.8. The first-order valence-corrected chi connectivity index (χ1v) is 8.97. The van der Waals surface area contributed by atoms with Gasteiger partial charge in [-0.2, -0.15) is 0 Å². The third-order valence-corrected chi connectivity index (χ3v) is 6.40. The highest BCUT2D eigenvalue weighted by atomic mass is 14.8. The third kappa shape index (κ3) is 2.40. The Bertz CT molecular complexity index is 684. The highest BCUT2D eigenvalue weighted by Crippen LogP contribution is 2.57. The van der Waals surface area contributed by atoms with Crippen LogP contribution < -0.4 is 0 Å². The van der Waals surface area contributed by atoms with E-state index >= 15 is 0 Å². The van der Waals surface area contributed by atoms with E-state index in [2.05, 4.69) is 71.5 Å². The quantitative estimate of drug-likeness (QED) is 0.609. The van der Waals surface area contributed by atoms with E-state index in [4.69, 9.17) is 0 Å². The molecule has 0 unspecified atom stereocenters. The second kappa shape index (κ2) is 5.06. The van der Waals surface area contributed by atoms with Crippen molar-refractivity contribution in [2.75, 3.05) is 0 Å². The second-order valence-electron chi connectivity index (χ2n) is 8.89. The van der Waals surface area contributed by atoms with Crippen molar-refractivity contribution < 1.29 is 0 Å². The predicted molar refractivity (Wildman–Crippen MR) is 101 cm³/mol. The zero-order valence-electron chi connectivity index (χ0n) is 15.7. The minimum absolute atomic E-state index is 0.132. The van der Waals surface area contributed by atoms with Crippen molar-refractivity contribution in [1.29, 1.82) is 0 Å². The monoisotopic (exact) mass is 309 g/mol. The van der Waals surface area contributed by atoms with Crippen molar-refractivity contribution in [2.45, 2.75) is 83.5 Å². The van der Waals surface area contributed by atoms with E-state index in [1.165, 1.54) is 36.8 Å². The molecule has 0 saturated heterocycles.